The Morgan fingerprint density at radius 1 is 0.875 bits per heavy atom. The summed E-state index contributed by atoms with van der Waals surface area (Å²) < 4.78 is 25.2. The number of carbonyl (C=O) groups is 1. The first kappa shape index (κ1) is 18.0. The molecule has 2 rings (SSSR count). The lowest BCUT2D eigenvalue weighted by Crippen LogP contribution is -2.22. The maximum atomic E-state index is 12.2. The number of sulfonamides is 1. The van der Waals surface area contributed by atoms with Crippen molar-refractivity contribution in [3.63, 3.8) is 0 Å². The summed E-state index contributed by atoms with van der Waals surface area (Å²) in [6.07, 6.45) is 0. The highest BCUT2D eigenvalue weighted by Crippen LogP contribution is 2.18. The van der Waals surface area contributed by atoms with E-state index in [1.165, 1.54) is 26.2 Å². The molecule has 2 aromatic rings. The third-order valence-corrected chi connectivity index (χ3v) is 5.37. The van der Waals surface area contributed by atoms with E-state index in [4.69, 9.17) is 0 Å². The number of hydrogen-bond acceptors (Lipinski definition) is 4. The highest BCUT2D eigenvalue weighted by molar-refractivity contribution is 7.89. The molecule has 0 saturated carbocycles. The smallest absolute Gasteiger partial charge is 0.255 e. The standard InChI is InChI=1S/C17H21N3O3S/c1-19(2)15-9-5-13(6-10-15)17(21)18-14-7-11-16(12-8-14)24(22,23)20(3)4/h5-12H,1-4H3,(H,18,21). The Balaban J connectivity index is 2.12. The second kappa shape index (κ2) is 7.02. The van der Waals surface area contributed by atoms with Gasteiger partial charge in [0.25, 0.3) is 5.91 Å². The van der Waals surface area contributed by atoms with Crippen molar-refractivity contribution in [3.05, 3.63) is 54.1 Å². The summed E-state index contributed by atoms with van der Waals surface area (Å²) in [7, 11) is 3.34. The Hall–Kier alpha value is -2.38. The zero-order valence-electron chi connectivity index (χ0n) is 14.1. The SMILES string of the molecule is CN(C)c1ccc(C(=O)Nc2ccc(S(=O)(=O)N(C)C)cc2)cc1. The quantitative estimate of drug-likeness (QED) is 0.901. The van der Waals surface area contributed by atoms with Crippen LogP contribution < -0.4 is 10.2 Å². The number of nitrogens with zero attached hydrogens (tertiary/aromatic N) is 2. The summed E-state index contributed by atoms with van der Waals surface area (Å²) in [5.41, 5.74) is 2.07. The summed E-state index contributed by atoms with van der Waals surface area (Å²) >= 11 is 0. The van der Waals surface area contributed by atoms with Crippen molar-refractivity contribution >= 4 is 27.3 Å². The maximum Gasteiger partial charge on any atom is 0.255 e. The van der Waals surface area contributed by atoms with Gasteiger partial charge in [-0.3, -0.25) is 4.79 Å². The van der Waals surface area contributed by atoms with Gasteiger partial charge in [0.15, 0.2) is 0 Å². The average molecular weight is 347 g/mol. The van der Waals surface area contributed by atoms with Gasteiger partial charge in [-0.05, 0) is 48.5 Å². The fourth-order valence-corrected chi connectivity index (χ4v) is 2.94. The summed E-state index contributed by atoms with van der Waals surface area (Å²) in [6.45, 7) is 0. The minimum absolute atomic E-state index is 0.181. The van der Waals surface area contributed by atoms with Crippen LogP contribution in [0.2, 0.25) is 0 Å². The molecule has 0 aliphatic carbocycles. The van der Waals surface area contributed by atoms with Gasteiger partial charge >= 0.3 is 0 Å². The van der Waals surface area contributed by atoms with Gasteiger partial charge in [0.2, 0.25) is 10.0 Å². The molecule has 0 saturated heterocycles. The summed E-state index contributed by atoms with van der Waals surface area (Å²) in [4.78, 5) is 14.4. The number of carbonyl (C=O) groups excluding carboxylic acids is 1. The molecule has 0 aliphatic heterocycles. The molecule has 1 N–H and O–H groups in total. The number of benzene rings is 2. The second-order valence-electron chi connectivity index (χ2n) is 5.71. The van der Waals surface area contributed by atoms with Crippen LogP contribution >= 0.6 is 0 Å². The molecule has 128 valence electrons. The first-order valence-corrected chi connectivity index (χ1v) is 8.77. The van der Waals surface area contributed by atoms with Crippen molar-refractivity contribution < 1.29 is 13.2 Å². The number of rotatable bonds is 5. The molecule has 0 atom stereocenters. The van der Waals surface area contributed by atoms with Gasteiger partial charge in [0.1, 0.15) is 0 Å². The normalized spacial score (nSPS) is 11.4. The van der Waals surface area contributed by atoms with Gasteiger partial charge in [-0.25, -0.2) is 12.7 Å². The summed E-state index contributed by atoms with van der Waals surface area (Å²) in [5, 5.41) is 2.75. The predicted molar refractivity (Wildman–Crippen MR) is 96.0 cm³/mol. The van der Waals surface area contributed by atoms with Gasteiger partial charge < -0.3 is 10.2 Å². The number of hydrogen-bond donors (Lipinski definition) is 1. The van der Waals surface area contributed by atoms with Gasteiger partial charge in [0, 0.05) is 45.1 Å². The molecule has 0 unspecified atom stereocenters. The molecule has 2 aromatic carbocycles. The molecule has 0 radical (unpaired) electrons. The summed E-state index contributed by atoms with van der Waals surface area (Å²) in [6, 6.07) is 13.3. The van der Waals surface area contributed by atoms with E-state index in [0.29, 0.717) is 11.3 Å². The van der Waals surface area contributed by atoms with Crippen LogP contribution in [0.5, 0.6) is 0 Å². The third-order valence-electron chi connectivity index (χ3n) is 3.54. The van der Waals surface area contributed by atoms with Crippen LogP contribution in [-0.4, -0.2) is 46.8 Å². The highest BCUT2D eigenvalue weighted by Gasteiger charge is 2.16. The molecule has 24 heavy (non-hydrogen) atoms. The molecule has 0 aliphatic rings. The first-order chi connectivity index (χ1) is 11.2. The lowest BCUT2D eigenvalue weighted by atomic mass is 10.2. The fourth-order valence-electron chi connectivity index (χ4n) is 2.04. The van der Waals surface area contributed by atoms with E-state index >= 15 is 0 Å². The molecule has 0 heterocycles. The van der Waals surface area contributed by atoms with E-state index in [9.17, 15) is 13.2 Å². The van der Waals surface area contributed by atoms with Crippen LogP contribution in [0.25, 0.3) is 0 Å². The Morgan fingerprint density at radius 2 is 1.42 bits per heavy atom. The van der Waals surface area contributed by atoms with Crippen LogP contribution in [0.1, 0.15) is 10.4 Å². The predicted octanol–water partition coefficient (Wildman–Crippen LogP) is 2.26. The molecule has 7 heteroatoms. The maximum absolute atomic E-state index is 12.2. The third kappa shape index (κ3) is 3.93. The lowest BCUT2D eigenvalue weighted by Gasteiger charge is -2.13. The first-order valence-electron chi connectivity index (χ1n) is 7.33. The minimum atomic E-state index is -3.47. The fraction of sp³-hybridized carbons (Fsp3) is 0.235. The van der Waals surface area contributed by atoms with Crippen LogP contribution in [0.4, 0.5) is 11.4 Å². The number of anilines is 2. The van der Waals surface area contributed by atoms with Crippen LogP contribution in [0, 0.1) is 0 Å². The Labute approximate surface area is 142 Å². The number of amides is 1. The molecule has 6 nitrogen and oxygen atoms in total. The summed E-state index contributed by atoms with van der Waals surface area (Å²) in [5.74, 6) is -0.247. The zero-order chi connectivity index (χ0) is 17.9. The van der Waals surface area contributed by atoms with Gasteiger partial charge in [-0.1, -0.05) is 0 Å². The van der Waals surface area contributed by atoms with Crippen LogP contribution in [-0.2, 0) is 10.0 Å². The second-order valence-corrected chi connectivity index (χ2v) is 7.86. The van der Waals surface area contributed by atoms with E-state index < -0.39 is 10.0 Å². The number of nitrogens with one attached hydrogen (secondary N) is 1. The van der Waals surface area contributed by atoms with E-state index in [-0.39, 0.29) is 10.8 Å². The molecule has 0 fully saturated rings. The zero-order valence-corrected chi connectivity index (χ0v) is 15.0. The molecule has 1 amide bonds. The Morgan fingerprint density at radius 3 is 1.88 bits per heavy atom. The van der Waals surface area contributed by atoms with Gasteiger partial charge in [-0.2, -0.15) is 0 Å². The van der Waals surface area contributed by atoms with Crippen molar-refractivity contribution in [2.24, 2.45) is 0 Å². The van der Waals surface area contributed by atoms with Gasteiger partial charge in [-0.15, -0.1) is 0 Å². The highest BCUT2D eigenvalue weighted by atomic mass is 32.2. The van der Waals surface area contributed by atoms with Crippen molar-refractivity contribution in [3.8, 4) is 0 Å². The van der Waals surface area contributed by atoms with E-state index in [1.807, 2.05) is 31.1 Å². The molecule has 0 aromatic heterocycles. The van der Waals surface area contributed by atoms with Crippen molar-refractivity contribution in [1.29, 1.82) is 0 Å². The lowest BCUT2D eigenvalue weighted by molar-refractivity contribution is 0.102. The van der Waals surface area contributed by atoms with Gasteiger partial charge in [0.05, 0.1) is 4.90 Å². The van der Waals surface area contributed by atoms with E-state index in [1.54, 1.807) is 24.3 Å². The monoisotopic (exact) mass is 347 g/mol. The van der Waals surface area contributed by atoms with Crippen molar-refractivity contribution in [2.75, 3.05) is 38.4 Å². The van der Waals surface area contributed by atoms with E-state index in [2.05, 4.69) is 5.32 Å². The average Bonchev–Trinajstić information content (AvgIpc) is 2.55. The molecular weight excluding hydrogens is 326 g/mol. The van der Waals surface area contributed by atoms with Crippen LogP contribution in [0.3, 0.4) is 0 Å². The van der Waals surface area contributed by atoms with Crippen molar-refractivity contribution in [2.45, 2.75) is 4.90 Å². The van der Waals surface area contributed by atoms with E-state index in [0.717, 1.165) is 9.99 Å². The molecule has 0 bridgehead atoms. The Kier molecular flexibility index (Phi) is 5.26. The minimum Gasteiger partial charge on any atom is -0.378 e. The van der Waals surface area contributed by atoms with Crippen LogP contribution in [0.15, 0.2) is 53.4 Å². The Bertz CT molecular complexity index is 811. The largest absolute Gasteiger partial charge is 0.378 e. The topological polar surface area (TPSA) is 69.7 Å². The molecule has 0 spiro atoms. The molecular formula is C17H21N3O3S. The van der Waals surface area contributed by atoms with Crippen molar-refractivity contribution in [1.82, 2.24) is 4.31 Å².